The van der Waals surface area contributed by atoms with E-state index in [1.165, 1.54) is 24.8 Å². The Morgan fingerprint density at radius 3 is 2.38 bits per heavy atom. The van der Waals surface area contributed by atoms with Crippen molar-refractivity contribution in [1.82, 2.24) is 9.97 Å². The molecule has 0 unspecified atom stereocenters. The van der Waals surface area contributed by atoms with Gasteiger partial charge in [0.25, 0.3) is 0 Å². The highest BCUT2D eigenvalue weighted by atomic mass is 16.5. The van der Waals surface area contributed by atoms with Crippen molar-refractivity contribution in [2.45, 2.75) is 71.3 Å². The van der Waals surface area contributed by atoms with E-state index in [4.69, 9.17) is 9.72 Å². The van der Waals surface area contributed by atoms with Gasteiger partial charge in [0.05, 0.1) is 6.10 Å². The summed E-state index contributed by atoms with van der Waals surface area (Å²) in [6.45, 7) is 8.66. The van der Waals surface area contributed by atoms with E-state index in [9.17, 15) is 0 Å². The molecular weight excluding hydrogens is 396 g/mol. The van der Waals surface area contributed by atoms with Crippen LogP contribution in [0.3, 0.4) is 0 Å². The highest BCUT2D eigenvalue weighted by Crippen LogP contribution is 2.28. The standard InChI is InChI=1S/C27H34N4O/c1-19-18-28-26(31-25(19)29-22-10-8-9-20(17-22)27(2,3)4)30-21-13-15-24(16-14-21)32-23-11-6-5-7-12-23/h8-10,13-18,23H,5-7,11-12H2,1-4H3,(H2,28,29,30,31). The first-order chi connectivity index (χ1) is 15.4. The molecule has 1 heterocycles. The Labute approximate surface area is 191 Å². The van der Waals surface area contributed by atoms with E-state index in [1.54, 1.807) is 0 Å². The van der Waals surface area contributed by atoms with Gasteiger partial charge in [-0.1, -0.05) is 39.3 Å². The molecule has 5 heteroatoms. The summed E-state index contributed by atoms with van der Waals surface area (Å²) in [5.74, 6) is 2.28. The monoisotopic (exact) mass is 430 g/mol. The molecule has 0 bridgehead atoms. The van der Waals surface area contributed by atoms with Gasteiger partial charge in [-0.15, -0.1) is 0 Å². The normalized spacial score (nSPS) is 14.8. The molecule has 1 fully saturated rings. The van der Waals surface area contributed by atoms with E-state index < -0.39 is 0 Å². The first-order valence-corrected chi connectivity index (χ1v) is 11.6. The van der Waals surface area contributed by atoms with Crippen LogP contribution in [0.25, 0.3) is 0 Å². The minimum absolute atomic E-state index is 0.0952. The maximum atomic E-state index is 6.13. The fourth-order valence-corrected chi connectivity index (χ4v) is 3.95. The lowest BCUT2D eigenvalue weighted by Gasteiger charge is -2.23. The van der Waals surface area contributed by atoms with Gasteiger partial charge in [-0.2, -0.15) is 4.98 Å². The number of hydrogen-bond acceptors (Lipinski definition) is 5. The van der Waals surface area contributed by atoms with Crippen molar-refractivity contribution in [3.8, 4) is 5.75 Å². The van der Waals surface area contributed by atoms with Gasteiger partial charge in [0, 0.05) is 23.1 Å². The number of aryl methyl sites for hydroxylation is 1. The van der Waals surface area contributed by atoms with Crippen LogP contribution in [0, 0.1) is 6.92 Å². The number of ether oxygens (including phenoxy) is 1. The Morgan fingerprint density at radius 2 is 1.66 bits per heavy atom. The summed E-state index contributed by atoms with van der Waals surface area (Å²) in [5.41, 5.74) is 4.33. The van der Waals surface area contributed by atoms with Crippen LogP contribution >= 0.6 is 0 Å². The van der Waals surface area contributed by atoms with Crippen LogP contribution < -0.4 is 15.4 Å². The maximum absolute atomic E-state index is 6.13. The van der Waals surface area contributed by atoms with Gasteiger partial charge in [0.1, 0.15) is 11.6 Å². The zero-order chi connectivity index (χ0) is 22.6. The van der Waals surface area contributed by atoms with Gasteiger partial charge in [-0.3, -0.25) is 0 Å². The number of hydrogen-bond donors (Lipinski definition) is 2. The van der Waals surface area contributed by atoms with Crippen molar-refractivity contribution in [2.75, 3.05) is 10.6 Å². The summed E-state index contributed by atoms with van der Waals surface area (Å²) < 4.78 is 6.13. The van der Waals surface area contributed by atoms with Gasteiger partial charge in [-0.25, -0.2) is 4.98 Å². The number of nitrogens with zero attached hydrogens (tertiary/aromatic N) is 2. The zero-order valence-electron chi connectivity index (χ0n) is 19.6. The smallest absolute Gasteiger partial charge is 0.229 e. The van der Waals surface area contributed by atoms with Crippen molar-refractivity contribution in [3.63, 3.8) is 0 Å². The van der Waals surface area contributed by atoms with Crippen LogP contribution in [-0.4, -0.2) is 16.1 Å². The van der Waals surface area contributed by atoms with Crippen LogP contribution in [0.2, 0.25) is 0 Å². The predicted octanol–water partition coefficient (Wildman–Crippen LogP) is 7.28. The molecule has 2 aromatic carbocycles. The number of benzene rings is 2. The Bertz CT molecular complexity index is 1030. The molecule has 1 aliphatic carbocycles. The number of rotatable bonds is 6. The minimum atomic E-state index is 0.0952. The van der Waals surface area contributed by atoms with E-state index in [1.807, 2.05) is 37.4 Å². The predicted molar refractivity (Wildman–Crippen MR) is 132 cm³/mol. The summed E-state index contributed by atoms with van der Waals surface area (Å²) in [4.78, 5) is 9.16. The molecule has 0 radical (unpaired) electrons. The summed E-state index contributed by atoms with van der Waals surface area (Å²) in [6.07, 6.45) is 8.38. The quantitative estimate of drug-likeness (QED) is 0.430. The molecule has 3 aromatic rings. The summed E-state index contributed by atoms with van der Waals surface area (Å²) in [7, 11) is 0. The molecule has 0 atom stereocenters. The Kier molecular flexibility index (Phi) is 6.63. The second-order valence-electron chi connectivity index (χ2n) is 9.71. The topological polar surface area (TPSA) is 59.1 Å². The first kappa shape index (κ1) is 22.1. The Morgan fingerprint density at radius 1 is 0.906 bits per heavy atom. The molecule has 0 saturated heterocycles. The molecule has 1 aromatic heterocycles. The Balaban J connectivity index is 1.43. The second kappa shape index (κ2) is 9.60. The summed E-state index contributed by atoms with van der Waals surface area (Å²) in [5, 5.41) is 6.76. The fourth-order valence-electron chi connectivity index (χ4n) is 3.95. The lowest BCUT2D eigenvalue weighted by atomic mass is 9.87. The third kappa shape index (κ3) is 5.78. The van der Waals surface area contributed by atoms with E-state index in [2.05, 4.69) is 60.7 Å². The van der Waals surface area contributed by atoms with Crippen LogP contribution in [0.1, 0.15) is 64.0 Å². The second-order valence-corrected chi connectivity index (χ2v) is 9.71. The molecule has 0 spiro atoms. The van der Waals surface area contributed by atoms with Crippen molar-refractivity contribution < 1.29 is 4.74 Å². The molecule has 4 rings (SSSR count). The summed E-state index contributed by atoms with van der Waals surface area (Å²) in [6, 6.07) is 16.5. The van der Waals surface area contributed by atoms with Crippen LogP contribution in [0.5, 0.6) is 5.75 Å². The lowest BCUT2D eigenvalue weighted by Crippen LogP contribution is -2.19. The number of anilines is 4. The largest absolute Gasteiger partial charge is 0.490 e. The SMILES string of the molecule is Cc1cnc(Nc2ccc(OC3CCCCC3)cc2)nc1Nc1cccc(C(C)(C)C)c1. The fraction of sp³-hybridized carbons (Fsp3) is 0.407. The lowest BCUT2D eigenvalue weighted by molar-refractivity contribution is 0.155. The molecule has 2 N–H and O–H groups in total. The number of nitrogens with one attached hydrogen (secondary N) is 2. The van der Waals surface area contributed by atoms with Crippen molar-refractivity contribution in [2.24, 2.45) is 0 Å². The van der Waals surface area contributed by atoms with Crippen LogP contribution in [0.15, 0.2) is 54.7 Å². The highest BCUT2D eigenvalue weighted by molar-refractivity contribution is 5.63. The van der Waals surface area contributed by atoms with Crippen LogP contribution in [0.4, 0.5) is 23.1 Å². The van der Waals surface area contributed by atoms with Gasteiger partial charge in [0.15, 0.2) is 0 Å². The molecular formula is C27H34N4O. The minimum Gasteiger partial charge on any atom is -0.490 e. The Hall–Kier alpha value is -3.08. The average Bonchev–Trinajstić information content (AvgIpc) is 2.78. The third-order valence-corrected chi connectivity index (χ3v) is 5.93. The maximum Gasteiger partial charge on any atom is 0.229 e. The zero-order valence-corrected chi connectivity index (χ0v) is 19.6. The van der Waals surface area contributed by atoms with E-state index >= 15 is 0 Å². The molecule has 1 saturated carbocycles. The van der Waals surface area contributed by atoms with Gasteiger partial charge in [-0.05, 0) is 80.0 Å². The summed E-state index contributed by atoms with van der Waals surface area (Å²) >= 11 is 0. The van der Waals surface area contributed by atoms with E-state index in [0.29, 0.717) is 12.1 Å². The number of aromatic nitrogens is 2. The highest BCUT2D eigenvalue weighted by Gasteiger charge is 2.15. The molecule has 5 nitrogen and oxygen atoms in total. The van der Waals surface area contributed by atoms with Crippen molar-refractivity contribution in [1.29, 1.82) is 0 Å². The molecule has 0 amide bonds. The first-order valence-electron chi connectivity index (χ1n) is 11.6. The van der Waals surface area contributed by atoms with E-state index in [0.717, 1.165) is 41.3 Å². The van der Waals surface area contributed by atoms with Crippen LogP contribution in [-0.2, 0) is 5.41 Å². The average molecular weight is 431 g/mol. The third-order valence-electron chi connectivity index (χ3n) is 5.93. The molecule has 1 aliphatic rings. The molecule has 32 heavy (non-hydrogen) atoms. The van der Waals surface area contributed by atoms with E-state index in [-0.39, 0.29) is 5.41 Å². The molecule has 0 aliphatic heterocycles. The molecule has 168 valence electrons. The van der Waals surface area contributed by atoms with Gasteiger partial charge < -0.3 is 15.4 Å². The van der Waals surface area contributed by atoms with Crippen molar-refractivity contribution in [3.05, 3.63) is 65.9 Å². The van der Waals surface area contributed by atoms with Gasteiger partial charge >= 0.3 is 0 Å². The van der Waals surface area contributed by atoms with Crippen molar-refractivity contribution >= 4 is 23.1 Å². The van der Waals surface area contributed by atoms with Gasteiger partial charge in [0.2, 0.25) is 5.95 Å².